The van der Waals surface area contributed by atoms with Crippen molar-refractivity contribution in [2.24, 2.45) is 0 Å². The summed E-state index contributed by atoms with van der Waals surface area (Å²) in [5.41, 5.74) is -0.397. The molecular formula is C23H24F3N5O5S. The molecule has 0 amide bonds. The van der Waals surface area contributed by atoms with Gasteiger partial charge < -0.3 is 24.6 Å². The van der Waals surface area contributed by atoms with E-state index in [4.69, 9.17) is 9.47 Å². The number of halogens is 3. The van der Waals surface area contributed by atoms with Crippen LogP contribution in [0.5, 0.6) is 5.88 Å². The molecule has 3 aromatic rings. The molecule has 1 atom stereocenters. The van der Waals surface area contributed by atoms with E-state index >= 15 is 0 Å². The number of pyridine rings is 1. The predicted octanol–water partition coefficient (Wildman–Crippen LogP) is 3.29. The van der Waals surface area contributed by atoms with E-state index in [0.29, 0.717) is 18.6 Å². The molecule has 14 heteroatoms. The number of benzene rings is 1. The Kier molecular flexibility index (Phi) is 6.68. The highest BCUT2D eigenvalue weighted by atomic mass is 32.2. The predicted molar refractivity (Wildman–Crippen MR) is 130 cm³/mol. The molecule has 2 aliphatic heterocycles. The first-order chi connectivity index (χ1) is 17.6. The van der Waals surface area contributed by atoms with Gasteiger partial charge in [-0.15, -0.1) is 0 Å². The molecule has 2 aliphatic rings. The number of hydrogen-bond acceptors (Lipinski definition) is 9. The zero-order valence-electron chi connectivity index (χ0n) is 19.7. The second-order valence-electron chi connectivity index (χ2n) is 9.09. The lowest BCUT2D eigenvalue weighted by atomic mass is 10.0. The van der Waals surface area contributed by atoms with Crippen LogP contribution in [0.4, 0.5) is 24.7 Å². The Labute approximate surface area is 210 Å². The third-order valence-electron chi connectivity index (χ3n) is 6.54. The van der Waals surface area contributed by atoms with Gasteiger partial charge >= 0.3 is 0 Å². The fraction of sp³-hybridized carbons (Fsp3) is 0.435. The van der Waals surface area contributed by atoms with Gasteiger partial charge in [-0.1, -0.05) is 18.2 Å². The van der Waals surface area contributed by atoms with Crippen molar-refractivity contribution in [3.63, 3.8) is 0 Å². The van der Waals surface area contributed by atoms with Gasteiger partial charge in [0.05, 0.1) is 43.3 Å². The summed E-state index contributed by atoms with van der Waals surface area (Å²) in [4.78, 5) is 12.8. The number of hydrogen-bond donors (Lipinski definition) is 1. The van der Waals surface area contributed by atoms with Crippen molar-refractivity contribution in [1.82, 2.24) is 19.6 Å². The zero-order valence-corrected chi connectivity index (χ0v) is 20.6. The maximum absolute atomic E-state index is 14.7. The highest BCUT2D eigenvalue weighted by molar-refractivity contribution is 7.91. The fourth-order valence-corrected chi connectivity index (χ4v) is 5.63. The monoisotopic (exact) mass is 539 g/mol. The van der Waals surface area contributed by atoms with Crippen LogP contribution >= 0.6 is 0 Å². The summed E-state index contributed by atoms with van der Waals surface area (Å²) in [5, 5.41) is 17.1. The van der Waals surface area contributed by atoms with Crippen LogP contribution in [-0.4, -0.2) is 67.3 Å². The highest BCUT2D eigenvalue weighted by Crippen LogP contribution is 2.39. The zero-order chi connectivity index (χ0) is 26.4. The van der Waals surface area contributed by atoms with E-state index in [-0.39, 0.29) is 59.3 Å². The molecule has 0 aliphatic carbocycles. The van der Waals surface area contributed by atoms with Crippen molar-refractivity contribution in [3.8, 4) is 5.88 Å². The van der Waals surface area contributed by atoms with Crippen LogP contribution in [0.2, 0.25) is 0 Å². The number of rotatable bonds is 7. The number of anilines is 1. The number of nitrogens with one attached hydrogen (secondary N) is 1. The highest BCUT2D eigenvalue weighted by Gasteiger charge is 2.36. The summed E-state index contributed by atoms with van der Waals surface area (Å²) in [7, 11) is -3.32. The van der Waals surface area contributed by atoms with E-state index in [2.05, 4.69) is 20.3 Å². The summed E-state index contributed by atoms with van der Waals surface area (Å²) in [6, 6.07) is 4.49. The minimum absolute atomic E-state index is 0.0104. The molecule has 0 unspecified atom stereocenters. The van der Waals surface area contributed by atoms with E-state index < -0.39 is 38.3 Å². The Morgan fingerprint density at radius 3 is 2.54 bits per heavy atom. The first kappa shape index (κ1) is 25.6. The summed E-state index contributed by atoms with van der Waals surface area (Å²) in [5.74, 6) is -1.36. The average Bonchev–Trinajstić information content (AvgIpc) is 2.83. The summed E-state index contributed by atoms with van der Waals surface area (Å²) in [6.45, 7) is 1.80. The molecule has 5 rings (SSSR count). The van der Waals surface area contributed by atoms with Gasteiger partial charge in [0.1, 0.15) is 35.6 Å². The smallest absolute Gasteiger partial charge is 0.279 e. The van der Waals surface area contributed by atoms with Crippen LogP contribution in [0.15, 0.2) is 30.6 Å². The molecule has 1 N–H and O–H groups in total. The quantitative estimate of drug-likeness (QED) is 0.356. The lowest BCUT2D eigenvalue weighted by molar-refractivity contribution is -0.0814. The molecule has 37 heavy (non-hydrogen) atoms. The maximum atomic E-state index is 14.7. The number of ether oxygens (including phenoxy) is 2. The molecule has 10 nitrogen and oxygen atoms in total. The summed E-state index contributed by atoms with van der Waals surface area (Å²) < 4.78 is 75.2. The van der Waals surface area contributed by atoms with E-state index in [1.165, 1.54) is 24.5 Å². The first-order valence-corrected chi connectivity index (χ1v) is 13.4. The molecule has 1 aromatic carbocycles. The molecule has 0 saturated carbocycles. The van der Waals surface area contributed by atoms with Gasteiger partial charge in [0, 0.05) is 11.6 Å². The number of alkyl halides is 2. The minimum Gasteiger partial charge on any atom is -0.627 e. The average molecular weight is 540 g/mol. The first-order valence-electron chi connectivity index (χ1n) is 11.6. The second kappa shape index (κ2) is 9.67. The normalized spacial score (nSPS) is 19.9. The van der Waals surface area contributed by atoms with Crippen LogP contribution in [-0.2, 0) is 14.6 Å². The molecule has 2 aromatic heterocycles. The Hall–Kier alpha value is -3.07. The van der Waals surface area contributed by atoms with Crippen LogP contribution in [0.3, 0.4) is 0 Å². The number of aromatic nitrogens is 3. The Balaban J connectivity index is 1.55. The van der Waals surface area contributed by atoms with Crippen molar-refractivity contribution in [3.05, 3.63) is 52.7 Å². The lowest BCUT2D eigenvalue weighted by Crippen LogP contribution is -2.54. The van der Waals surface area contributed by atoms with Gasteiger partial charge in [0.15, 0.2) is 21.2 Å². The van der Waals surface area contributed by atoms with Crippen molar-refractivity contribution < 1.29 is 31.1 Å². The van der Waals surface area contributed by atoms with Crippen LogP contribution < -0.4 is 14.7 Å². The third kappa shape index (κ3) is 5.06. The van der Waals surface area contributed by atoms with Crippen molar-refractivity contribution in [2.75, 3.05) is 43.1 Å². The van der Waals surface area contributed by atoms with Gasteiger partial charge in [-0.05, 0) is 6.92 Å². The molecule has 2 saturated heterocycles. The van der Waals surface area contributed by atoms with E-state index in [1.807, 2.05) is 0 Å². The number of sulfone groups is 1. The maximum Gasteiger partial charge on any atom is 0.279 e. The fourth-order valence-electron chi connectivity index (χ4n) is 4.28. The lowest BCUT2D eigenvalue weighted by Gasteiger charge is -2.44. The molecule has 0 spiro atoms. The number of hydroxylamine groups is 2. The van der Waals surface area contributed by atoms with Crippen molar-refractivity contribution >= 4 is 32.4 Å². The van der Waals surface area contributed by atoms with Gasteiger partial charge in [-0.25, -0.2) is 31.6 Å². The molecule has 198 valence electrons. The summed E-state index contributed by atoms with van der Waals surface area (Å²) in [6.07, 6.45) is -2.06. The summed E-state index contributed by atoms with van der Waals surface area (Å²) >= 11 is 0. The second-order valence-corrected chi connectivity index (χ2v) is 11.4. The van der Waals surface area contributed by atoms with Gasteiger partial charge in [0.2, 0.25) is 0 Å². The standard InChI is InChI=1S/C23H24F3N5O5S/c1-13(15-3-2-4-16(19(15)24)20(25)26)29-21-17-9-18(31(32)5-7-37(33,34)8-6-31)23(36-14-10-35-11-14)30-22(17)28-12-27-21/h2-4,9,12-14,20H,5-8,10-11H2,1H3,(H,27,28,29,30)/t13-/m1/s1. The molecular weight excluding hydrogens is 515 g/mol. The van der Waals surface area contributed by atoms with E-state index in [9.17, 15) is 26.8 Å². The van der Waals surface area contributed by atoms with Crippen LogP contribution in [0.25, 0.3) is 11.0 Å². The largest absolute Gasteiger partial charge is 0.627 e. The van der Waals surface area contributed by atoms with Crippen molar-refractivity contribution in [2.45, 2.75) is 25.5 Å². The van der Waals surface area contributed by atoms with Crippen molar-refractivity contribution in [1.29, 1.82) is 0 Å². The number of nitrogens with zero attached hydrogens (tertiary/aromatic N) is 4. The third-order valence-corrected chi connectivity index (χ3v) is 8.14. The Bertz CT molecular complexity index is 1420. The Morgan fingerprint density at radius 2 is 1.89 bits per heavy atom. The van der Waals surface area contributed by atoms with E-state index in [1.54, 1.807) is 6.92 Å². The number of fused-ring (bicyclic) bond motifs is 1. The van der Waals surface area contributed by atoms with Crippen LogP contribution in [0, 0.1) is 11.0 Å². The van der Waals surface area contributed by atoms with E-state index in [0.717, 1.165) is 6.07 Å². The van der Waals surface area contributed by atoms with Gasteiger partial charge in [-0.2, -0.15) is 4.98 Å². The van der Waals surface area contributed by atoms with Gasteiger partial charge in [0.25, 0.3) is 12.3 Å². The molecule has 0 bridgehead atoms. The number of quaternary nitrogens is 1. The SMILES string of the molecule is C[C@@H](Nc1ncnc2nc(OC3COC3)c([N+]3([O-])CCS(=O)(=O)CC3)cc12)c1cccc(C(F)F)c1F. The molecule has 0 radical (unpaired) electrons. The minimum atomic E-state index is -3.32. The topological polar surface area (TPSA) is 126 Å². The van der Waals surface area contributed by atoms with Crippen LogP contribution in [0.1, 0.15) is 30.5 Å². The van der Waals surface area contributed by atoms with Gasteiger partial charge in [-0.3, -0.25) is 0 Å². The molecule has 2 fully saturated rings. The Morgan fingerprint density at radius 1 is 1.19 bits per heavy atom. The molecule has 4 heterocycles.